The van der Waals surface area contributed by atoms with Crippen molar-refractivity contribution in [2.24, 2.45) is 5.73 Å². The second kappa shape index (κ2) is 6.66. The normalized spacial score (nSPS) is 11.4. The van der Waals surface area contributed by atoms with Crippen LogP contribution in [-0.2, 0) is 16.6 Å². The summed E-state index contributed by atoms with van der Waals surface area (Å²) in [6, 6.07) is 6.64. The van der Waals surface area contributed by atoms with Crippen LogP contribution in [0.25, 0.3) is 0 Å². The fourth-order valence-corrected chi connectivity index (χ4v) is 5.63. The number of hydrogen-bond acceptors (Lipinski definition) is 5. The van der Waals surface area contributed by atoms with Gasteiger partial charge in [0, 0.05) is 15.9 Å². The van der Waals surface area contributed by atoms with Crippen LogP contribution in [0.2, 0.25) is 0 Å². The highest BCUT2D eigenvalue weighted by Crippen LogP contribution is 2.35. The molecular weight excluding hydrogens is 444 g/mol. The van der Waals surface area contributed by atoms with Gasteiger partial charge in [-0.15, -0.1) is 11.3 Å². The highest BCUT2D eigenvalue weighted by atomic mass is 79.9. The van der Waals surface area contributed by atoms with Crippen molar-refractivity contribution in [3.8, 4) is 5.75 Å². The average Bonchev–Trinajstić information content (AvgIpc) is 2.81. The molecule has 0 fully saturated rings. The molecule has 0 aliphatic rings. The molecule has 21 heavy (non-hydrogen) atoms. The minimum Gasteiger partial charge on any atom is -0.495 e. The molecule has 3 N–H and O–H groups in total. The molecule has 5 nitrogen and oxygen atoms in total. The number of nitrogens with two attached hydrogens (primary N) is 1. The molecule has 9 heteroatoms. The van der Waals surface area contributed by atoms with E-state index in [4.69, 9.17) is 10.5 Å². The van der Waals surface area contributed by atoms with E-state index in [2.05, 4.69) is 36.6 Å². The summed E-state index contributed by atoms with van der Waals surface area (Å²) in [6.45, 7) is 0.291. The van der Waals surface area contributed by atoms with Gasteiger partial charge in [0.2, 0.25) is 0 Å². The molecule has 0 radical (unpaired) electrons. The maximum absolute atomic E-state index is 12.5. The number of methoxy groups -OCH3 is 1. The summed E-state index contributed by atoms with van der Waals surface area (Å²) in [6.07, 6.45) is 0. The van der Waals surface area contributed by atoms with Gasteiger partial charge in [0.25, 0.3) is 10.0 Å². The van der Waals surface area contributed by atoms with Gasteiger partial charge < -0.3 is 10.5 Å². The van der Waals surface area contributed by atoms with Crippen LogP contribution in [0.1, 0.15) is 4.88 Å². The summed E-state index contributed by atoms with van der Waals surface area (Å²) in [5, 5.41) is 0. The summed E-state index contributed by atoms with van der Waals surface area (Å²) < 4.78 is 33.9. The van der Waals surface area contributed by atoms with E-state index < -0.39 is 10.0 Å². The van der Waals surface area contributed by atoms with Crippen molar-refractivity contribution in [3.63, 3.8) is 0 Å². The minimum atomic E-state index is -3.73. The van der Waals surface area contributed by atoms with Gasteiger partial charge in [0.05, 0.1) is 16.6 Å². The summed E-state index contributed by atoms with van der Waals surface area (Å²) >= 11 is 7.86. The first-order chi connectivity index (χ1) is 9.87. The van der Waals surface area contributed by atoms with Gasteiger partial charge in [-0.1, -0.05) is 15.9 Å². The van der Waals surface area contributed by atoms with E-state index >= 15 is 0 Å². The predicted molar refractivity (Wildman–Crippen MR) is 91.4 cm³/mol. The fourth-order valence-electron chi connectivity index (χ4n) is 1.64. The van der Waals surface area contributed by atoms with Gasteiger partial charge in [-0.25, -0.2) is 8.42 Å². The van der Waals surface area contributed by atoms with E-state index in [1.165, 1.54) is 18.4 Å². The largest absolute Gasteiger partial charge is 0.495 e. The Bertz CT molecular complexity index is 760. The van der Waals surface area contributed by atoms with Gasteiger partial charge in [0.15, 0.2) is 0 Å². The van der Waals surface area contributed by atoms with E-state index in [0.29, 0.717) is 21.8 Å². The molecule has 2 rings (SSSR count). The highest BCUT2D eigenvalue weighted by Gasteiger charge is 2.22. The molecule has 2 aromatic rings. The third kappa shape index (κ3) is 3.78. The van der Waals surface area contributed by atoms with E-state index in [0.717, 1.165) is 9.35 Å². The number of hydrogen-bond donors (Lipinski definition) is 2. The van der Waals surface area contributed by atoms with E-state index in [9.17, 15) is 8.42 Å². The Labute approximate surface area is 143 Å². The summed E-state index contributed by atoms with van der Waals surface area (Å²) in [7, 11) is -2.25. The second-order valence-corrected chi connectivity index (χ2v) is 9.03. The molecule has 0 bridgehead atoms. The number of anilines is 1. The SMILES string of the molecule is COc1ccc(Br)cc1NS(=O)(=O)c1cc(CN)sc1Br. The van der Waals surface area contributed by atoms with E-state index in [1.807, 2.05) is 0 Å². The Hall–Kier alpha value is -0.610. The molecule has 114 valence electrons. The Balaban J connectivity index is 2.41. The molecule has 0 unspecified atom stereocenters. The van der Waals surface area contributed by atoms with Crippen molar-refractivity contribution >= 4 is 58.9 Å². The van der Waals surface area contributed by atoms with Crippen LogP contribution in [0.4, 0.5) is 5.69 Å². The van der Waals surface area contributed by atoms with E-state index in [1.54, 1.807) is 24.3 Å². The standard InChI is InChI=1S/C12H12Br2N2O3S2/c1-19-10-3-2-7(13)4-9(10)16-21(17,18)11-5-8(6-15)20-12(11)14/h2-5,16H,6,15H2,1H3. The molecule has 0 saturated carbocycles. The second-order valence-electron chi connectivity index (χ2n) is 4.00. The van der Waals surface area contributed by atoms with Crippen molar-refractivity contribution in [1.82, 2.24) is 0 Å². The lowest BCUT2D eigenvalue weighted by Crippen LogP contribution is -2.13. The van der Waals surface area contributed by atoms with Gasteiger partial charge in [-0.05, 0) is 40.2 Å². The smallest absolute Gasteiger partial charge is 0.264 e. The molecule has 0 spiro atoms. The maximum Gasteiger partial charge on any atom is 0.264 e. The zero-order chi connectivity index (χ0) is 15.6. The molecule has 0 amide bonds. The predicted octanol–water partition coefficient (Wildman–Crippen LogP) is 3.54. The number of ether oxygens (including phenoxy) is 1. The van der Waals surface area contributed by atoms with Gasteiger partial charge in [-0.2, -0.15) is 0 Å². The third-order valence-corrected chi connectivity index (χ3v) is 6.74. The maximum atomic E-state index is 12.5. The molecule has 0 atom stereocenters. The number of nitrogens with one attached hydrogen (secondary N) is 1. The molecule has 1 aromatic carbocycles. The van der Waals surface area contributed by atoms with Gasteiger partial charge in [-0.3, -0.25) is 4.72 Å². The molecular formula is C12H12Br2N2O3S2. The van der Waals surface area contributed by atoms with Crippen molar-refractivity contribution in [1.29, 1.82) is 0 Å². The van der Waals surface area contributed by atoms with Crippen LogP contribution in [0.3, 0.4) is 0 Å². The van der Waals surface area contributed by atoms with Crippen LogP contribution in [-0.4, -0.2) is 15.5 Å². The molecule has 0 aliphatic heterocycles. The van der Waals surface area contributed by atoms with Crippen LogP contribution in [0.15, 0.2) is 37.4 Å². The number of thiophene rings is 1. The number of benzene rings is 1. The number of halogens is 2. The van der Waals surface area contributed by atoms with Crippen molar-refractivity contribution < 1.29 is 13.2 Å². The minimum absolute atomic E-state index is 0.162. The quantitative estimate of drug-likeness (QED) is 0.722. The fraction of sp³-hybridized carbons (Fsp3) is 0.167. The van der Waals surface area contributed by atoms with Crippen molar-refractivity contribution in [2.45, 2.75) is 11.4 Å². The average molecular weight is 456 g/mol. The monoisotopic (exact) mass is 454 g/mol. The van der Waals surface area contributed by atoms with Crippen molar-refractivity contribution in [3.05, 3.63) is 37.4 Å². The summed E-state index contributed by atoms with van der Waals surface area (Å²) in [5.41, 5.74) is 5.90. The molecule has 0 saturated heterocycles. The number of rotatable bonds is 5. The molecule has 0 aliphatic carbocycles. The first-order valence-electron chi connectivity index (χ1n) is 5.72. The Morgan fingerprint density at radius 3 is 2.62 bits per heavy atom. The van der Waals surface area contributed by atoms with Gasteiger partial charge in [0.1, 0.15) is 10.6 Å². The Morgan fingerprint density at radius 2 is 2.05 bits per heavy atom. The molecule has 1 heterocycles. The lowest BCUT2D eigenvalue weighted by Gasteiger charge is -2.11. The number of sulfonamides is 1. The highest BCUT2D eigenvalue weighted by molar-refractivity contribution is 9.11. The van der Waals surface area contributed by atoms with Crippen molar-refractivity contribution in [2.75, 3.05) is 11.8 Å². The zero-order valence-corrected chi connectivity index (χ0v) is 15.7. The Kier molecular flexibility index (Phi) is 5.31. The first kappa shape index (κ1) is 16.8. The summed E-state index contributed by atoms with van der Waals surface area (Å²) in [5.74, 6) is 0.437. The van der Waals surface area contributed by atoms with Crippen LogP contribution < -0.4 is 15.2 Å². The lowest BCUT2D eigenvalue weighted by molar-refractivity contribution is 0.417. The van der Waals surface area contributed by atoms with Crippen LogP contribution in [0, 0.1) is 0 Å². The Morgan fingerprint density at radius 1 is 1.33 bits per heavy atom. The van der Waals surface area contributed by atoms with Gasteiger partial charge >= 0.3 is 0 Å². The van der Waals surface area contributed by atoms with Crippen LogP contribution in [0.5, 0.6) is 5.75 Å². The first-order valence-corrected chi connectivity index (χ1v) is 9.60. The van der Waals surface area contributed by atoms with Crippen LogP contribution >= 0.6 is 43.2 Å². The summed E-state index contributed by atoms with van der Waals surface area (Å²) in [4.78, 5) is 0.943. The van der Waals surface area contributed by atoms with E-state index in [-0.39, 0.29) is 4.90 Å². The molecule has 1 aromatic heterocycles. The zero-order valence-electron chi connectivity index (χ0n) is 10.9. The third-order valence-electron chi connectivity index (χ3n) is 2.60. The topological polar surface area (TPSA) is 81.4 Å². The lowest BCUT2D eigenvalue weighted by atomic mass is 10.3.